The number of anilines is 1. The number of nitrogens with one attached hydrogen (secondary N) is 2. The molecule has 2 heterocycles. The van der Waals surface area contributed by atoms with E-state index in [-0.39, 0.29) is 0 Å². The van der Waals surface area contributed by atoms with Crippen molar-refractivity contribution in [3.63, 3.8) is 0 Å². The summed E-state index contributed by atoms with van der Waals surface area (Å²) in [6, 6.07) is 0. The van der Waals surface area contributed by atoms with E-state index in [0.717, 1.165) is 17.9 Å². The third kappa shape index (κ3) is 1.51. The van der Waals surface area contributed by atoms with E-state index in [1.54, 1.807) is 6.33 Å². The summed E-state index contributed by atoms with van der Waals surface area (Å²) in [6.45, 7) is 2.94. The van der Waals surface area contributed by atoms with Crippen molar-refractivity contribution in [1.82, 2.24) is 24.9 Å². The number of fused-ring (bicyclic) bond motifs is 1. The molecular weight excluding hydrogens is 180 g/mol. The SMILES string of the molecule is CCN(C)Nc1ncnc2nc[nH]c12. The summed E-state index contributed by atoms with van der Waals surface area (Å²) >= 11 is 0. The lowest BCUT2D eigenvalue weighted by atomic mass is 10.5. The van der Waals surface area contributed by atoms with Gasteiger partial charge in [0, 0.05) is 13.6 Å². The smallest absolute Gasteiger partial charge is 0.182 e. The summed E-state index contributed by atoms with van der Waals surface area (Å²) in [4.78, 5) is 15.2. The standard InChI is InChI=1S/C8H12N6/c1-3-14(2)13-8-6-7(10-4-9-6)11-5-12-8/h4-5H,3H2,1-2H3,(H2,9,10,11,12,13). The Balaban J connectivity index is 2.36. The Morgan fingerprint density at radius 3 is 3.07 bits per heavy atom. The molecule has 0 saturated carbocycles. The van der Waals surface area contributed by atoms with Gasteiger partial charge in [-0.05, 0) is 0 Å². The molecule has 0 saturated heterocycles. The average molecular weight is 192 g/mol. The van der Waals surface area contributed by atoms with Crippen LogP contribution in [0, 0.1) is 0 Å². The number of nitrogens with zero attached hydrogens (tertiary/aromatic N) is 4. The van der Waals surface area contributed by atoms with E-state index in [1.807, 2.05) is 12.1 Å². The second kappa shape index (κ2) is 3.59. The fraction of sp³-hybridized carbons (Fsp3) is 0.375. The Morgan fingerprint density at radius 1 is 1.43 bits per heavy atom. The van der Waals surface area contributed by atoms with Gasteiger partial charge in [0.15, 0.2) is 11.5 Å². The maximum absolute atomic E-state index is 4.13. The molecule has 6 nitrogen and oxygen atoms in total. The first-order valence-corrected chi connectivity index (χ1v) is 4.43. The fourth-order valence-electron chi connectivity index (χ4n) is 1.11. The summed E-state index contributed by atoms with van der Waals surface area (Å²) in [5, 5.41) is 1.93. The van der Waals surface area contributed by atoms with Gasteiger partial charge in [-0.25, -0.2) is 20.0 Å². The zero-order chi connectivity index (χ0) is 9.97. The zero-order valence-corrected chi connectivity index (χ0v) is 8.15. The molecule has 0 fully saturated rings. The molecule has 0 unspecified atom stereocenters. The highest BCUT2D eigenvalue weighted by molar-refractivity contribution is 5.81. The van der Waals surface area contributed by atoms with Crippen molar-refractivity contribution in [2.75, 3.05) is 19.0 Å². The third-order valence-electron chi connectivity index (χ3n) is 1.99. The maximum Gasteiger partial charge on any atom is 0.182 e. The molecule has 0 atom stereocenters. The molecule has 14 heavy (non-hydrogen) atoms. The highest BCUT2D eigenvalue weighted by Gasteiger charge is 2.05. The molecule has 2 aromatic heterocycles. The Labute approximate surface area is 81.4 Å². The molecule has 2 rings (SSSR count). The van der Waals surface area contributed by atoms with Crippen LogP contribution >= 0.6 is 0 Å². The quantitative estimate of drug-likeness (QED) is 0.698. The third-order valence-corrected chi connectivity index (χ3v) is 1.99. The van der Waals surface area contributed by atoms with E-state index in [9.17, 15) is 0 Å². The largest absolute Gasteiger partial charge is 0.340 e. The maximum atomic E-state index is 4.13. The Morgan fingerprint density at radius 2 is 2.29 bits per heavy atom. The molecular formula is C8H12N6. The van der Waals surface area contributed by atoms with Gasteiger partial charge in [0.1, 0.15) is 11.8 Å². The normalized spacial score (nSPS) is 11.1. The van der Waals surface area contributed by atoms with Crippen molar-refractivity contribution < 1.29 is 0 Å². The topological polar surface area (TPSA) is 69.7 Å². The minimum Gasteiger partial charge on any atom is -0.340 e. The van der Waals surface area contributed by atoms with Gasteiger partial charge in [-0.2, -0.15) is 0 Å². The van der Waals surface area contributed by atoms with Gasteiger partial charge in [0.25, 0.3) is 0 Å². The monoisotopic (exact) mass is 192 g/mol. The average Bonchev–Trinajstić information content (AvgIpc) is 2.66. The lowest BCUT2D eigenvalue weighted by Crippen LogP contribution is -2.25. The van der Waals surface area contributed by atoms with Crippen LogP contribution < -0.4 is 5.43 Å². The molecule has 0 aliphatic heterocycles. The summed E-state index contributed by atoms with van der Waals surface area (Å²) in [5.74, 6) is 0.747. The summed E-state index contributed by atoms with van der Waals surface area (Å²) in [7, 11) is 1.95. The second-order valence-electron chi connectivity index (χ2n) is 2.95. The molecule has 0 radical (unpaired) electrons. The Kier molecular flexibility index (Phi) is 2.28. The van der Waals surface area contributed by atoms with Crippen molar-refractivity contribution in [3.8, 4) is 0 Å². The predicted octanol–water partition coefficient (Wildman–Crippen LogP) is 0.632. The molecule has 2 N–H and O–H groups in total. The molecule has 0 aliphatic carbocycles. The molecule has 6 heteroatoms. The highest BCUT2D eigenvalue weighted by atomic mass is 15.5. The van der Waals surface area contributed by atoms with Crippen molar-refractivity contribution in [2.24, 2.45) is 0 Å². The van der Waals surface area contributed by atoms with Crippen LogP contribution in [-0.2, 0) is 0 Å². The van der Waals surface area contributed by atoms with Crippen molar-refractivity contribution in [1.29, 1.82) is 0 Å². The summed E-state index contributed by atoms with van der Waals surface area (Å²) in [5.41, 5.74) is 4.63. The second-order valence-corrected chi connectivity index (χ2v) is 2.95. The van der Waals surface area contributed by atoms with E-state index in [0.29, 0.717) is 5.65 Å². The molecule has 0 aliphatic rings. The molecule has 0 aromatic carbocycles. The van der Waals surface area contributed by atoms with E-state index >= 15 is 0 Å². The van der Waals surface area contributed by atoms with Gasteiger partial charge in [-0.1, -0.05) is 6.92 Å². The van der Waals surface area contributed by atoms with Crippen LogP contribution in [0.2, 0.25) is 0 Å². The van der Waals surface area contributed by atoms with Gasteiger partial charge in [0.2, 0.25) is 0 Å². The van der Waals surface area contributed by atoms with Crippen LogP contribution in [-0.4, -0.2) is 38.5 Å². The van der Waals surface area contributed by atoms with Gasteiger partial charge in [-0.15, -0.1) is 0 Å². The number of hydrogen-bond acceptors (Lipinski definition) is 5. The minimum atomic E-state index is 0.673. The lowest BCUT2D eigenvalue weighted by molar-refractivity contribution is 0.424. The number of H-pyrrole nitrogens is 1. The summed E-state index contributed by atoms with van der Waals surface area (Å²) in [6.07, 6.45) is 3.10. The van der Waals surface area contributed by atoms with Crippen molar-refractivity contribution in [3.05, 3.63) is 12.7 Å². The van der Waals surface area contributed by atoms with Crippen molar-refractivity contribution >= 4 is 17.0 Å². The highest BCUT2D eigenvalue weighted by Crippen LogP contribution is 2.14. The van der Waals surface area contributed by atoms with E-state index < -0.39 is 0 Å². The van der Waals surface area contributed by atoms with E-state index in [4.69, 9.17) is 0 Å². The first kappa shape index (κ1) is 8.89. The van der Waals surface area contributed by atoms with E-state index in [1.165, 1.54) is 6.33 Å². The minimum absolute atomic E-state index is 0.673. The molecule has 2 aromatic rings. The van der Waals surface area contributed by atoms with Crippen molar-refractivity contribution in [2.45, 2.75) is 6.92 Å². The number of imidazole rings is 1. The summed E-state index contributed by atoms with van der Waals surface area (Å²) < 4.78 is 0. The Bertz CT molecular complexity index is 422. The van der Waals surface area contributed by atoms with Gasteiger partial charge < -0.3 is 10.4 Å². The van der Waals surface area contributed by atoms with E-state index in [2.05, 4.69) is 32.3 Å². The van der Waals surface area contributed by atoms with Gasteiger partial charge in [0.05, 0.1) is 6.33 Å². The van der Waals surface area contributed by atoms with Crippen LogP contribution in [0.15, 0.2) is 12.7 Å². The van der Waals surface area contributed by atoms with Crippen LogP contribution in [0.1, 0.15) is 6.92 Å². The Hall–Kier alpha value is -1.69. The van der Waals surface area contributed by atoms with Crippen LogP contribution in [0.5, 0.6) is 0 Å². The van der Waals surface area contributed by atoms with Crippen LogP contribution in [0.4, 0.5) is 5.82 Å². The van der Waals surface area contributed by atoms with Crippen LogP contribution in [0.3, 0.4) is 0 Å². The number of hydrazine groups is 1. The number of aromatic amines is 1. The molecule has 74 valence electrons. The number of aromatic nitrogens is 4. The van der Waals surface area contributed by atoms with Gasteiger partial charge >= 0.3 is 0 Å². The zero-order valence-electron chi connectivity index (χ0n) is 8.15. The first-order valence-electron chi connectivity index (χ1n) is 4.43. The number of hydrogen-bond donors (Lipinski definition) is 2. The lowest BCUT2D eigenvalue weighted by Gasteiger charge is -2.15. The van der Waals surface area contributed by atoms with Crippen LogP contribution in [0.25, 0.3) is 11.2 Å². The first-order chi connectivity index (χ1) is 6.81. The van der Waals surface area contributed by atoms with Gasteiger partial charge in [-0.3, -0.25) is 0 Å². The fourth-order valence-corrected chi connectivity index (χ4v) is 1.11. The number of rotatable bonds is 3. The molecule has 0 bridgehead atoms. The predicted molar refractivity (Wildman–Crippen MR) is 53.6 cm³/mol. The molecule has 0 amide bonds. The molecule has 0 spiro atoms.